The Balaban J connectivity index is 2.56. The number of ether oxygens (including phenoxy) is 1. The van der Waals surface area contributed by atoms with E-state index in [4.69, 9.17) is 4.74 Å². The number of carbonyl (C=O) groups is 1. The highest BCUT2D eigenvalue weighted by atomic mass is 19.1. The van der Waals surface area contributed by atoms with Crippen LogP contribution in [0, 0.1) is 0 Å². The number of anilines is 1. The van der Waals surface area contributed by atoms with Crippen molar-refractivity contribution in [3.8, 4) is 0 Å². The fourth-order valence-electron chi connectivity index (χ4n) is 2.20. The van der Waals surface area contributed by atoms with Gasteiger partial charge in [0.2, 0.25) is 5.95 Å². The largest absolute Gasteiger partial charge is 0.499 e. The number of carbonyl (C=O) groups excluding carboxylic acids is 1. The van der Waals surface area contributed by atoms with Gasteiger partial charge in [0.15, 0.2) is 0 Å². The van der Waals surface area contributed by atoms with Gasteiger partial charge < -0.3 is 14.7 Å². The maximum absolute atomic E-state index is 13.6. The van der Waals surface area contributed by atoms with Gasteiger partial charge in [0.05, 0.1) is 25.0 Å². The number of aromatic amines is 2. The molecule has 0 fully saturated rings. The highest BCUT2D eigenvalue weighted by molar-refractivity contribution is 6.01. The molecule has 7 nitrogen and oxygen atoms in total. The topological polar surface area (TPSA) is 95.7 Å². The molecule has 2 rings (SSSR count). The molecule has 0 atom stereocenters. The standard InChI is InChI=1S/C18H22FN5O2/c1-6-13(19)7-10(2)11(3)15-16(12(4)26-5)23-18(22-15)24-17(25)14-8-20-9-21-14/h6-9H,1-5H3,(H,20,21)(H2,22,23,24,25)/b10-7+,13-6+,15-11-,16-12-. The second kappa shape index (κ2) is 8.28. The molecule has 0 saturated heterocycles. The van der Waals surface area contributed by atoms with Crippen molar-refractivity contribution in [1.29, 1.82) is 0 Å². The molecule has 138 valence electrons. The van der Waals surface area contributed by atoms with Gasteiger partial charge in [-0.25, -0.2) is 14.4 Å². The first-order valence-corrected chi connectivity index (χ1v) is 7.99. The summed E-state index contributed by atoms with van der Waals surface area (Å²) < 4.78 is 18.9. The van der Waals surface area contributed by atoms with E-state index >= 15 is 0 Å². The lowest BCUT2D eigenvalue weighted by atomic mass is 10.1. The van der Waals surface area contributed by atoms with Gasteiger partial charge in [0, 0.05) is 0 Å². The molecule has 0 aliphatic carbocycles. The maximum Gasteiger partial charge on any atom is 0.276 e. The Morgan fingerprint density at radius 1 is 1.35 bits per heavy atom. The molecule has 0 aromatic carbocycles. The minimum Gasteiger partial charge on any atom is -0.499 e. The maximum atomic E-state index is 13.6. The van der Waals surface area contributed by atoms with E-state index < -0.39 is 0 Å². The van der Waals surface area contributed by atoms with Crippen molar-refractivity contribution in [2.75, 3.05) is 12.4 Å². The Kier molecular flexibility index (Phi) is 6.11. The molecule has 0 unspecified atom stereocenters. The lowest BCUT2D eigenvalue weighted by Crippen LogP contribution is -2.29. The second-order valence-electron chi connectivity index (χ2n) is 5.61. The molecule has 0 spiro atoms. The molecule has 0 aliphatic heterocycles. The van der Waals surface area contributed by atoms with Crippen LogP contribution in [-0.4, -0.2) is 33.0 Å². The predicted octanol–water partition coefficient (Wildman–Crippen LogP) is 2.15. The molecule has 2 heterocycles. The second-order valence-corrected chi connectivity index (χ2v) is 5.61. The third kappa shape index (κ3) is 4.27. The first-order chi connectivity index (χ1) is 12.4. The van der Waals surface area contributed by atoms with Gasteiger partial charge in [0.1, 0.15) is 22.6 Å². The zero-order chi connectivity index (χ0) is 19.3. The third-order valence-corrected chi connectivity index (χ3v) is 3.91. The first kappa shape index (κ1) is 19.2. The van der Waals surface area contributed by atoms with Crippen LogP contribution in [0.25, 0.3) is 11.3 Å². The first-order valence-electron chi connectivity index (χ1n) is 7.99. The van der Waals surface area contributed by atoms with Crippen molar-refractivity contribution >= 4 is 23.2 Å². The number of halogens is 1. The monoisotopic (exact) mass is 359 g/mol. The Bertz CT molecular complexity index is 968. The fraction of sp³-hybridized carbons (Fsp3) is 0.278. The van der Waals surface area contributed by atoms with Gasteiger partial charge in [-0.1, -0.05) is 6.08 Å². The Hall–Kier alpha value is -3.16. The number of H-pyrrole nitrogens is 2. The van der Waals surface area contributed by atoms with Crippen LogP contribution in [0.2, 0.25) is 0 Å². The molecule has 0 bridgehead atoms. The molecule has 3 N–H and O–H groups in total. The molecule has 0 aliphatic rings. The van der Waals surface area contributed by atoms with E-state index in [1.54, 1.807) is 27.9 Å². The molecule has 26 heavy (non-hydrogen) atoms. The highest BCUT2D eigenvalue weighted by Crippen LogP contribution is 2.12. The number of methoxy groups -OCH3 is 1. The van der Waals surface area contributed by atoms with Crippen molar-refractivity contribution in [3.63, 3.8) is 0 Å². The summed E-state index contributed by atoms with van der Waals surface area (Å²) in [7, 11) is 1.54. The van der Waals surface area contributed by atoms with Crippen molar-refractivity contribution in [3.05, 3.63) is 52.5 Å². The lowest BCUT2D eigenvalue weighted by Gasteiger charge is -2.00. The smallest absolute Gasteiger partial charge is 0.276 e. The van der Waals surface area contributed by atoms with Crippen LogP contribution in [0.15, 0.2) is 36.1 Å². The summed E-state index contributed by atoms with van der Waals surface area (Å²) in [6.45, 7) is 7.02. The molecule has 0 saturated carbocycles. The summed E-state index contributed by atoms with van der Waals surface area (Å²) in [6, 6.07) is 0. The van der Waals surface area contributed by atoms with Crippen molar-refractivity contribution < 1.29 is 13.9 Å². The van der Waals surface area contributed by atoms with Crippen LogP contribution in [-0.2, 0) is 4.74 Å². The number of aromatic nitrogens is 4. The molecule has 8 heteroatoms. The SMILES string of the molecule is C\C=C(F)/C=C(C)/C(C)=c1\nc(NC(=O)c2cnc[nH]2)[nH]\c1=C(\C)OC. The normalized spacial score (nSPS) is 14.8. The molecule has 0 radical (unpaired) electrons. The zero-order valence-electron chi connectivity index (χ0n) is 15.4. The van der Waals surface area contributed by atoms with Gasteiger partial charge in [-0.05, 0) is 44.9 Å². The molecule has 1 amide bonds. The van der Waals surface area contributed by atoms with E-state index in [2.05, 4.69) is 25.3 Å². The predicted molar refractivity (Wildman–Crippen MR) is 98.2 cm³/mol. The lowest BCUT2D eigenvalue weighted by molar-refractivity contribution is 0.102. The number of hydrogen-bond acceptors (Lipinski definition) is 4. The van der Waals surface area contributed by atoms with E-state index in [-0.39, 0.29) is 17.7 Å². The molecular weight excluding hydrogens is 337 g/mol. The Morgan fingerprint density at radius 2 is 2.08 bits per heavy atom. The summed E-state index contributed by atoms with van der Waals surface area (Å²) in [6.07, 6.45) is 5.64. The van der Waals surface area contributed by atoms with Crippen LogP contribution in [0.4, 0.5) is 10.3 Å². The average molecular weight is 359 g/mol. The van der Waals surface area contributed by atoms with Crippen LogP contribution < -0.4 is 16.0 Å². The zero-order valence-corrected chi connectivity index (χ0v) is 15.4. The summed E-state index contributed by atoms with van der Waals surface area (Å²) in [5, 5.41) is 3.85. The van der Waals surface area contributed by atoms with E-state index in [1.165, 1.54) is 24.7 Å². The highest BCUT2D eigenvalue weighted by Gasteiger charge is 2.11. The van der Waals surface area contributed by atoms with Gasteiger partial charge in [-0.3, -0.25) is 10.1 Å². The van der Waals surface area contributed by atoms with Crippen LogP contribution >= 0.6 is 0 Å². The van der Waals surface area contributed by atoms with Crippen LogP contribution in [0.1, 0.15) is 38.2 Å². The minimum absolute atomic E-state index is 0.254. The Morgan fingerprint density at radius 3 is 2.65 bits per heavy atom. The quantitative estimate of drug-likeness (QED) is 0.713. The number of allylic oxidation sites excluding steroid dienone is 4. The Labute approximate surface area is 150 Å². The van der Waals surface area contributed by atoms with Gasteiger partial charge >= 0.3 is 0 Å². The number of hydrogen-bond donors (Lipinski definition) is 3. The molecule has 2 aromatic heterocycles. The van der Waals surface area contributed by atoms with Gasteiger partial charge in [-0.15, -0.1) is 0 Å². The molecular formula is C18H22FN5O2. The number of nitrogens with one attached hydrogen (secondary N) is 3. The van der Waals surface area contributed by atoms with Gasteiger partial charge in [0.25, 0.3) is 5.91 Å². The van der Waals surface area contributed by atoms with Crippen molar-refractivity contribution in [1.82, 2.24) is 19.9 Å². The number of nitrogens with zero attached hydrogens (tertiary/aromatic N) is 2. The average Bonchev–Trinajstić information content (AvgIpc) is 3.30. The van der Waals surface area contributed by atoms with E-state index in [0.29, 0.717) is 27.7 Å². The summed E-state index contributed by atoms with van der Waals surface area (Å²) in [5.41, 5.74) is 1.78. The molecule has 2 aromatic rings. The summed E-state index contributed by atoms with van der Waals surface area (Å²) in [5.74, 6) is 0.131. The van der Waals surface area contributed by atoms with Crippen molar-refractivity contribution in [2.45, 2.75) is 27.7 Å². The van der Waals surface area contributed by atoms with E-state index in [1.807, 2.05) is 6.92 Å². The third-order valence-electron chi connectivity index (χ3n) is 3.91. The minimum atomic E-state index is -0.380. The fourth-order valence-corrected chi connectivity index (χ4v) is 2.20. The number of amides is 1. The summed E-state index contributed by atoms with van der Waals surface area (Å²) in [4.78, 5) is 26.2. The van der Waals surface area contributed by atoms with Crippen LogP contribution in [0.3, 0.4) is 0 Å². The number of rotatable bonds is 5. The van der Waals surface area contributed by atoms with Crippen LogP contribution in [0.5, 0.6) is 0 Å². The van der Waals surface area contributed by atoms with Crippen molar-refractivity contribution in [2.24, 2.45) is 0 Å². The van der Waals surface area contributed by atoms with E-state index in [9.17, 15) is 9.18 Å². The van der Waals surface area contributed by atoms with E-state index in [0.717, 1.165) is 5.57 Å². The number of imidazole rings is 2. The summed E-state index contributed by atoms with van der Waals surface area (Å²) >= 11 is 0. The van der Waals surface area contributed by atoms with Gasteiger partial charge in [-0.2, -0.15) is 0 Å².